The van der Waals surface area contributed by atoms with E-state index in [0.29, 0.717) is 5.56 Å². The van der Waals surface area contributed by atoms with E-state index >= 15 is 0 Å². The van der Waals surface area contributed by atoms with Crippen molar-refractivity contribution in [3.63, 3.8) is 0 Å². The van der Waals surface area contributed by atoms with Crippen molar-refractivity contribution in [2.24, 2.45) is 0 Å². The molecule has 0 unspecified atom stereocenters. The fraction of sp³-hybridized carbons (Fsp3) is 0.0435. The van der Waals surface area contributed by atoms with Gasteiger partial charge in [0.25, 0.3) is 5.91 Å². The van der Waals surface area contributed by atoms with Crippen LogP contribution in [-0.4, -0.2) is 19.0 Å². The van der Waals surface area contributed by atoms with Gasteiger partial charge < -0.3 is 10.1 Å². The van der Waals surface area contributed by atoms with Gasteiger partial charge in [-0.15, -0.1) is 11.3 Å². The molecule has 4 rings (SSSR count). The molecule has 3 aromatic carbocycles. The first-order valence-corrected chi connectivity index (χ1v) is 9.82. The highest BCUT2D eigenvalue weighted by molar-refractivity contribution is 7.15. The average molecular weight is 423 g/mol. The third-order valence-corrected chi connectivity index (χ3v) is 5.57. The summed E-state index contributed by atoms with van der Waals surface area (Å²) in [5, 5.41) is 6.22. The Morgan fingerprint density at radius 1 is 0.867 bits per heavy atom. The molecular formula is C23H15F2NO3S. The van der Waals surface area contributed by atoms with E-state index in [4.69, 9.17) is 4.74 Å². The first-order valence-electron chi connectivity index (χ1n) is 8.94. The number of fused-ring (bicyclic) bond motifs is 1. The number of carbonyl (C=O) groups is 2. The lowest BCUT2D eigenvalue weighted by atomic mass is 9.97. The Morgan fingerprint density at radius 3 is 2.27 bits per heavy atom. The fourth-order valence-corrected chi connectivity index (χ4v) is 4.24. The number of halogens is 2. The molecule has 0 fully saturated rings. The number of thiophene rings is 1. The van der Waals surface area contributed by atoms with Gasteiger partial charge in [-0.1, -0.05) is 48.5 Å². The predicted octanol–water partition coefficient (Wildman–Crippen LogP) is 5.89. The standard InChI is InChI=1S/C23H15F2NO3S/c1-29-23(28)19-16(15-9-4-7-13-6-2-3-8-14(13)15)12-30-22(19)26-21(27)20-17(24)10-5-11-18(20)25/h2-12H,1H3,(H,26,27). The van der Waals surface area contributed by atoms with Crippen LogP contribution in [-0.2, 0) is 4.74 Å². The number of anilines is 1. The summed E-state index contributed by atoms with van der Waals surface area (Å²) in [6.45, 7) is 0. The Bertz CT molecular complexity index is 1260. The van der Waals surface area contributed by atoms with Crippen molar-refractivity contribution in [2.45, 2.75) is 0 Å². The monoisotopic (exact) mass is 423 g/mol. The molecule has 7 heteroatoms. The molecule has 30 heavy (non-hydrogen) atoms. The molecular weight excluding hydrogens is 408 g/mol. The third-order valence-electron chi connectivity index (χ3n) is 4.68. The molecule has 4 aromatic rings. The summed E-state index contributed by atoms with van der Waals surface area (Å²) in [7, 11) is 1.23. The Hall–Kier alpha value is -3.58. The van der Waals surface area contributed by atoms with Gasteiger partial charge in [0, 0.05) is 10.9 Å². The molecule has 0 aliphatic heterocycles. The molecule has 4 nitrogen and oxygen atoms in total. The molecule has 1 amide bonds. The fourth-order valence-electron chi connectivity index (χ4n) is 3.29. The van der Waals surface area contributed by atoms with E-state index < -0.39 is 29.1 Å². The van der Waals surface area contributed by atoms with Crippen LogP contribution in [0.15, 0.2) is 66.0 Å². The normalized spacial score (nSPS) is 10.8. The SMILES string of the molecule is COC(=O)c1c(-c2cccc3ccccc23)csc1NC(=O)c1c(F)cccc1F. The van der Waals surface area contributed by atoms with Crippen molar-refractivity contribution < 1.29 is 23.1 Å². The van der Waals surface area contributed by atoms with E-state index in [0.717, 1.165) is 39.8 Å². The van der Waals surface area contributed by atoms with Gasteiger partial charge in [-0.05, 0) is 28.5 Å². The van der Waals surface area contributed by atoms with Crippen molar-refractivity contribution in [1.82, 2.24) is 0 Å². The second-order valence-corrected chi connectivity index (χ2v) is 7.30. The number of esters is 1. The average Bonchev–Trinajstić information content (AvgIpc) is 3.15. The van der Waals surface area contributed by atoms with Crippen molar-refractivity contribution in [3.05, 3.63) is 88.8 Å². The van der Waals surface area contributed by atoms with Gasteiger partial charge in [0.1, 0.15) is 27.8 Å². The lowest BCUT2D eigenvalue weighted by molar-refractivity contribution is 0.0603. The van der Waals surface area contributed by atoms with Crippen LogP contribution in [0, 0.1) is 11.6 Å². The summed E-state index contributed by atoms with van der Waals surface area (Å²) >= 11 is 1.08. The smallest absolute Gasteiger partial charge is 0.341 e. The predicted molar refractivity (Wildman–Crippen MR) is 113 cm³/mol. The van der Waals surface area contributed by atoms with Crippen LogP contribution in [0.5, 0.6) is 0 Å². The molecule has 0 atom stereocenters. The van der Waals surface area contributed by atoms with Gasteiger partial charge in [-0.3, -0.25) is 4.79 Å². The van der Waals surface area contributed by atoms with E-state index in [-0.39, 0.29) is 10.6 Å². The van der Waals surface area contributed by atoms with Crippen molar-refractivity contribution in [2.75, 3.05) is 12.4 Å². The zero-order valence-electron chi connectivity index (χ0n) is 15.7. The minimum atomic E-state index is -0.988. The molecule has 0 spiro atoms. The Kier molecular flexibility index (Phi) is 5.29. The molecule has 1 heterocycles. The van der Waals surface area contributed by atoms with E-state index in [1.54, 1.807) is 5.38 Å². The maximum atomic E-state index is 14.0. The van der Waals surface area contributed by atoms with E-state index in [9.17, 15) is 18.4 Å². The highest BCUT2D eigenvalue weighted by Crippen LogP contribution is 2.39. The van der Waals surface area contributed by atoms with Crippen LogP contribution in [0.2, 0.25) is 0 Å². The zero-order valence-corrected chi connectivity index (χ0v) is 16.6. The number of benzene rings is 3. The molecule has 1 aromatic heterocycles. The van der Waals surface area contributed by atoms with Crippen LogP contribution >= 0.6 is 11.3 Å². The summed E-state index contributed by atoms with van der Waals surface area (Å²) in [6.07, 6.45) is 0. The highest BCUT2D eigenvalue weighted by Gasteiger charge is 2.25. The first kappa shape index (κ1) is 19.7. The number of amides is 1. The lowest BCUT2D eigenvalue weighted by Crippen LogP contribution is -2.17. The molecule has 0 bridgehead atoms. The van der Waals surface area contributed by atoms with Crippen LogP contribution in [0.1, 0.15) is 20.7 Å². The van der Waals surface area contributed by atoms with Crippen molar-refractivity contribution >= 4 is 39.0 Å². The van der Waals surface area contributed by atoms with E-state index in [1.165, 1.54) is 13.2 Å². The summed E-state index contributed by atoms with van der Waals surface area (Å²) in [4.78, 5) is 25.1. The molecule has 0 saturated carbocycles. The van der Waals surface area contributed by atoms with Gasteiger partial charge in [-0.2, -0.15) is 0 Å². The maximum Gasteiger partial charge on any atom is 0.341 e. The van der Waals surface area contributed by atoms with Crippen molar-refractivity contribution in [3.8, 4) is 11.1 Å². The molecule has 0 saturated heterocycles. The zero-order chi connectivity index (χ0) is 21.3. The molecule has 0 radical (unpaired) electrons. The number of methoxy groups -OCH3 is 1. The Balaban J connectivity index is 1.82. The van der Waals surface area contributed by atoms with Gasteiger partial charge in [0.15, 0.2) is 0 Å². The number of ether oxygens (including phenoxy) is 1. The number of hydrogen-bond acceptors (Lipinski definition) is 4. The van der Waals surface area contributed by atoms with E-state index in [2.05, 4.69) is 5.32 Å². The second-order valence-electron chi connectivity index (χ2n) is 6.42. The molecule has 0 aliphatic rings. The molecule has 150 valence electrons. The van der Waals surface area contributed by atoms with Gasteiger partial charge >= 0.3 is 5.97 Å². The first-order chi connectivity index (χ1) is 14.5. The van der Waals surface area contributed by atoms with Crippen LogP contribution in [0.4, 0.5) is 13.8 Å². The van der Waals surface area contributed by atoms with Crippen molar-refractivity contribution in [1.29, 1.82) is 0 Å². The third kappa shape index (κ3) is 3.44. The number of hydrogen-bond donors (Lipinski definition) is 1. The number of nitrogens with one attached hydrogen (secondary N) is 1. The van der Waals surface area contributed by atoms with Crippen LogP contribution < -0.4 is 5.32 Å². The maximum absolute atomic E-state index is 14.0. The van der Waals surface area contributed by atoms with E-state index in [1.807, 2.05) is 42.5 Å². The topological polar surface area (TPSA) is 55.4 Å². The Morgan fingerprint density at radius 2 is 1.53 bits per heavy atom. The molecule has 1 N–H and O–H groups in total. The summed E-state index contributed by atoms with van der Waals surface area (Å²) in [5.74, 6) is -3.62. The number of rotatable bonds is 4. The van der Waals surface area contributed by atoms with Crippen LogP contribution in [0.3, 0.4) is 0 Å². The molecule has 0 aliphatic carbocycles. The minimum Gasteiger partial charge on any atom is -0.465 e. The summed E-state index contributed by atoms with van der Waals surface area (Å²) < 4.78 is 32.9. The summed E-state index contributed by atoms with van der Waals surface area (Å²) in [5.41, 5.74) is 0.757. The van der Waals surface area contributed by atoms with Gasteiger partial charge in [0.2, 0.25) is 0 Å². The largest absolute Gasteiger partial charge is 0.465 e. The number of carbonyl (C=O) groups excluding carboxylic acids is 2. The van der Waals surface area contributed by atoms with Gasteiger partial charge in [0.05, 0.1) is 7.11 Å². The lowest BCUT2D eigenvalue weighted by Gasteiger charge is -2.10. The highest BCUT2D eigenvalue weighted by atomic mass is 32.1. The van der Waals surface area contributed by atoms with Crippen LogP contribution in [0.25, 0.3) is 21.9 Å². The minimum absolute atomic E-state index is 0.129. The summed E-state index contributed by atoms with van der Waals surface area (Å²) in [6, 6.07) is 16.5. The quantitative estimate of drug-likeness (QED) is 0.417. The second kappa shape index (κ2) is 8.04. The van der Waals surface area contributed by atoms with Gasteiger partial charge in [-0.25, -0.2) is 13.6 Å². The Labute approximate surface area is 174 Å².